The standard InChI is InChI=1S/C20H25N5O3/c26-16-4-3-13-12-21-18(22-14-5-10-24(11-6-14)19(27)28)23-17(13)25(16)15-2-1-7-20(15)8-9-20/h3-4,12,14-15H,1-2,5-11H2,(H,27,28)(H,21,22,23). The molecule has 2 aromatic heterocycles. The number of carbonyl (C=O) groups is 1. The van der Waals surface area contributed by atoms with E-state index >= 15 is 0 Å². The molecule has 2 aliphatic carbocycles. The maximum atomic E-state index is 12.8. The number of fused-ring (bicyclic) bond motifs is 1. The van der Waals surface area contributed by atoms with Crippen LogP contribution in [0.25, 0.3) is 11.0 Å². The molecule has 2 aromatic rings. The Kier molecular flexibility index (Phi) is 4.03. The summed E-state index contributed by atoms with van der Waals surface area (Å²) in [6, 6.07) is 3.82. The number of nitrogens with zero attached hydrogens (tertiary/aromatic N) is 4. The van der Waals surface area contributed by atoms with Crippen LogP contribution in [-0.4, -0.2) is 49.8 Å². The fourth-order valence-corrected chi connectivity index (χ4v) is 5.07. The lowest BCUT2D eigenvalue weighted by Crippen LogP contribution is -2.41. The number of hydrogen-bond acceptors (Lipinski definition) is 5. The van der Waals surface area contributed by atoms with Gasteiger partial charge < -0.3 is 15.3 Å². The van der Waals surface area contributed by atoms with Crippen molar-refractivity contribution in [1.29, 1.82) is 0 Å². The van der Waals surface area contributed by atoms with Crippen LogP contribution in [0, 0.1) is 5.41 Å². The Balaban J connectivity index is 1.43. The van der Waals surface area contributed by atoms with E-state index in [1.807, 2.05) is 4.57 Å². The van der Waals surface area contributed by atoms with E-state index in [0.717, 1.165) is 24.6 Å². The second-order valence-corrected chi connectivity index (χ2v) is 8.47. The molecule has 5 rings (SSSR count). The molecule has 1 atom stereocenters. The van der Waals surface area contributed by atoms with E-state index in [0.29, 0.717) is 30.1 Å². The van der Waals surface area contributed by atoms with Crippen LogP contribution in [-0.2, 0) is 0 Å². The minimum Gasteiger partial charge on any atom is -0.465 e. The van der Waals surface area contributed by atoms with Crippen LogP contribution in [0.2, 0.25) is 0 Å². The maximum Gasteiger partial charge on any atom is 0.407 e. The molecule has 8 heteroatoms. The van der Waals surface area contributed by atoms with Crippen molar-refractivity contribution in [2.75, 3.05) is 18.4 Å². The van der Waals surface area contributed by atoms with Crippen LogP contribution in [0.15, 0.2) is 23.1 Å². The van der Waals surface area contributed by atoms with Crippen LogP contribution in [0.3, 0.4) is 0 Å². The fourth-order valence-electron chi connectivity index (χ4n) is 5.07. The summed E-state index contributed by atoms with van der Waals surface area (Å²) in [6.07, 6.45) is 8.20. The van der Waals surface area contributed by atoms with Crippen molar-refractivity contribution in [3.8, 4) is 0 Å². The zero-order valence-corrected chi connectivity index (χ0v) is 15.8. The molecule has 1 amide bonds. The highest BCUT2D eigenvalue weighted by Crippen LogP contribution is 2.63. The molecule has 3 heterocycles. The molecule has 0 radical (unpaired) electrons. The number of nitrogens with one attached hydrogen (secondary N) is 1. The predicted molar refractivity (Wildman–Crippen MR) is 105 cm³/mol. The van der Waals surface area contributed by atoms with E-state index in [4.69, 9.17) is 10.1 Å². The van der Waals surface area contributed by atoms with Gasteiger partial charge in [0.05, 0.1) is 0 Å². The van der Waals surface area contributed by atoms with E-state index in [-0.39, 0.29) is 17.6 Å². The monoisotopic (exact) mass is 383 g/mol. The Morgan fingerprint density at radius 1 is 1.18 bits per heavy atom. The molecule has 8 nitrogen and oxygen atoms in total. The van der Waals surface area contributed by atoms with Crippen molar-refractivity contribution < 1.29 is 9.90 Å². The molecular formula is C20H25N5O3. The van der Waals surface area contributed by atoms with Crippen molar-refractivity contribution in [1.82, 2.24) is 19.4 Å². The van der Waals surface area contributed by atoms with Crippen LogP contribution in [0.5, 0.6) is 0 Å². The zero-order valence-electron chi connectivity index (χ0n) is 15.8. The van der Waals surface area contributed by atoms with E-state index in [2.05, 4.69) is 10.3 Å². The van der Waals surface area contributed by atoms with Gasteiger partial charge in [0, 0.05) is 42.8 Å². The highest BCUT2D eigenvalue weighted by molar-refractivity contribution is 5.75. The summed E-state index contributed by atoms with van der Waals surface area (Å²) < 4.78 is 1.91. The number of amides is 1. The number of piperidine rings is 1. The van der Waals surface area contributed by atoms with Gasteiger partial charge in [-0.3, -0.25) is 9.36 Å². The highest BCUT2D eigenvalue weighted by atomic mass is 16.4. The topological polar surface area (TPSA) is 100 Å². The van der Waals surface area contributed by atoms with Gasteiger partial charge in [-0.05, 0) is 50.0 Å². The van der Waals surface area contributed by atoms with Crippen LogP contribution < -0.4 is 10.9 Å². The molecule has 2 N–H and O–H groups in total. The number of likely N-dealkylation sites (tertiary alicyclic amines) is 1. The van der Waals surface area contributed by atoms with E-state index < -0.39 is 6.09 Å². The lowest BCUT2D eigenvalue weighted by atomic mass is 10.00. The molecule has 1 unspecified atom stereocenters. The Hall–Kier alpha value is -2.64. The minimum absolute atomic E-state index is 0.0186. The Morgan fingerprint density at radius 3 is 2.68 bits per heavy atom. The third-order valence-corrected chi connectivity index (χ3v) is 6.83. The zero-order chi connectivity index (χ0) is 19.3. The van der Waals surface area contributed by atoms with Gasteiger partial charge in [0.2, 0.25) is 5.95 Å². The van der Waals surface area contributed by atoms with E-state index in [1.165, 1.54) is 30.6 Å². The average Bonchev–Trinajstić information content (AvgIpc) is 3.35. The molecular weight excluding hydrogens is 358 g/mol. The lowest BCUT2D eigenvalue weighted by molar-refractivity contribution is 0.133. The Bertz CT molecular complexity index is 975. The van der Waals surface area contributed by atoms with Gasteiger partial charge in [-0.1, -0.05) is 6.42 Å². The number of rotatable bonds is 3. The molecule has 3 aliphatic rings. The second kappa shape index (κ2) is 6.46. The smallest absolute Gasteiger partial charge is 0.407 e. The Morgan fingerprint density at radius 2 is 1.96 bits per heavy atom. The minimum atomic E-state index is -0.866. The van der Waals surface area contributed by atoms with Gasteiger partial charge in [-0.25, -0.2) is 9.78 Å². The first kappa shape index (κ1) is 17.5. The number of aromatic nitrogens is 3. The van der Waals surface area contributed by atoms with Crippen LogP contribution in [0.1, 0.15) is 51.0 Å². The summed E-state index contributed by atoms with van der Waals surface area (Å²) in [4.78, 5) is 34.4. The molecule has 1 spiro atoms. The maximum absolute atomic E-state index is 12.8. The second-order valence-electron chi connectivity index (χ2n) is 8.47. The predicted octanol–water partition coefficient (Wildman–Crippen LogP) is 2.85. The summed E-state index contributed by atoms with van der Waals surface area (Å²) >= 11 is 0. The third kappa shape index (κ3) is 2.91. The highest BCUT2D eigenvalue weighted by Gasteiger charge is 2.53. The number of carboxylic acid groups (broad SMARTS) is 1. The SMILES string of the molecule is O=C(O)N1CCC(Nc2ncc3ccc(=O)n(C4CCCC45CC5)c3n2)CC1. The van der Waals surface area contributed by atoms with Gasteiger partial charge in [-0.15, -0.1) is 0 Å². The third-order valence-electron chi connectivity index (χ3n) is 6.83. The molecule has 0 aromatic carbocycles. The molecule has 148 valence electrons. The normalized spacial score (nSPS) is 24.0. The van der Waals surface area contributed by atoms with Gasteiger partial charge in [0.25, 0.3) is 5.56 Å². The molecule has 1 saturated heterocycles. The van der Waals surface area contributed by atoms with Crippen molar-refractivity contribution in [3.63, 3.8) is 0 Å². The summed E-state index contributed by atoms with van der Waals surface area (Å²) in [5.41, 5.74) is 1.04. The number of pyridine rings is 1. The largest absolute Gasteiger partial charge is 0.465 e. The molecule has 3 fully saturated rings. The van der Waals surface area contributed by atoms with E-state index in [1.54, 1.807) is 18.3 Å². The van der Waals surface area contributed by atoms with Crippen molar-refractivity contribution in [3.05, 3.63) is 28.7 Å². The number of hydrogen-bond donors (Lipinski definition) is 2. The quantitative estimate of drug-likeness (QED) is 0.845. The summed E-state index contributed by atoms with van der Waals surface area (Å²) in [5, 5.41) is 13.3. The molecule has 2 saturated carbocycles. The Labute approximate surface area is 162 Å². The van der Waals surface area contributed by atoms with Crippen LogP contribution in [0.4, 0.5) is 10.7 Å². The van der Waals surface area contributed by atoms with Gasteiger partial charge in [0.1, 0.15) is 5.65 Å². The van der Waals surface area contributed by atoms with Crippen molar-refractivity contribution in [2.24, 2.45) is 5.41 Å². The molecule has 1 aliphatic heterocycles. The van der Waals surface area contributed by atoms with Crippen molar-refractivity contribution in [2.45, 2.75) is 57.0 Å². The summed E-state index contributed by atoms with van der Waals surface area (Å²) in [7, 11) is 0. The van der Waals surface area contributed by atoms with Crippen molar-refractivity contribution >= 4 is 23.1 Å². The van der Waals surface area contributed by atoms with Crippen LogP contribution >= 0.6 is 0 Å². The first-order chi connectivity index (χ1) is 13.6. The summed E-state index contributed by atoms with van der Waals surface area (Å²) in [6.45, 7) is 1.02. The van der Waals surface area contributed by atoms with Gasteiger partial charge >= 0.3 is 6.09 Å². The average molecular weight is 383 g/mol. The molecule has 28 heavy (non-hydrogen) atoms. The first-order valence-electron chi connectivity index (χ1n) is 10.2. The summed E-state index contributed by atoms with van der Waals surface area (Å²) in [5.74, 6) is 0.517. The first-order valence-corrected chi connectivity index (χ1v) is 10.2. The van der Waals surface area contributed by atoms with Gasteiger partial charge in [0.15, 0.2) is 0 Å². The molecule has 0 bridgehead atoms. The van der Waals surface area contributed by atoms with Gasteiger partial charge in [-0.2, -0.15) is 4.98 Å². The fraction of sp³-hybridized carbons (Fsp3) is 0.600. The lowest BCUT2D eigenvalue weighted by Gasteiger charge is -2.30. The number of anilines is 1. The van der Waals surface area contributed by atoms with E-state index in [9.17, 15) is 9.59 Å².